The Morgan fingerprint density at radius 1 is 1.37 bits per heavy atom. The van der Waals surface area contributed by atoms with Gasteiger partial charge >= 0.3 is 12.1 Å². The lowest BCUT2D eigenvalue weighted by Gasteiger charge is -2.12. The topological polar surface area (TPSA) is 85.8 Å². The van der Waals surface area contributed by atoms with Gasteiger partial charge in [0.1, 0.15) is 5.69 Å². The first-order valence-corrected chi connectivity index (χ1v) is 8.92. The summed E-state index contributed by atoms with van der Waals surface area (Å²) in [4.78, 5) is 16.9. The molecule has 0 spiro atoms. The molecule has 0 aliphatic heterocycles. The van der Waals surface area contributed by atoms with Gasteiger partial charge in [-0.3, -0.25) is 9.48 Å². The molecule has 3 heterocycles. The molecular weight excluding hydrogens is 383 g/mol. The van der Waals surface area contributed by atoms with Crippen LogP contribution in [0.15, 0.2) is 28.9 Å². The summed E-state index contributed by atoms with van der Waals surface area (Å²) < 4.78 is 43.5. The van der Waals surface area contributed by atoms with Crippen molar-refractivity contribution in [1.82, 2.24) is 25.2 Å². The Kier molecular flexibility index (Phi) is 5.31. The van der Waals surface area contributed by atoms with Crippen molar-refractivity contribution in [2.75, 3.05) is 0 Å². The molecule has 0 aliphatic carbocycles. The second-order valence-corrected chi connectivity index (χ2v) is 7.01. The molecule has 0 saturated carbocycles. The number of alkyl halides is 3. The maximum atomic E-state index is 12.6. The number of hydrogen-bond donors (Lipinski definition) is 1. The van der Waals surface area contributed by atoms with Crippen LogP contribution in [0.3, 0.4) is 0 Å². The molecule has 0 bridgehead atoms. The predicted molar refractivity (Wildman–Crippen MR) is 91.2 cm³/mol. The minimum atomic E-state index is -4.68. The van der Waals surface area contributed by atoms with Crippen LogP contribution in [0.5, 0.6) is 0 Å². The van der Waals surface area contributed by atoms with Crippen LogP contribution in [0, 0.1) is 0 Å². The average molecular weight is 399 g/mol. The minimum Gasteiger partial charge on any atom is -0.348 e. The third-order valence-corrected chi connectivity index (χ3v) is 4.86. The molecule has 144 valence electrons. The van der Waals surface area contributed by atoms with E-state index in [1.165, 1.54) is 22.2 Å². The number of amides is 1. The van der Waals surface area contributed by atoms with Gasteiger partial charge in [-0.05, 0) is 31.5 Å². The van der Waals surface area contributed by atoms with Gasteiger partial charge in [0, 0.05) is 17.1 Å². The van der Waals surface area contributed by atoms with Crippen molar-refractivity contribution in [2.24, 2.45) is 0 Å². The molecule has 11 heteroatoms. The standard InChI is InChI=1S/C16H16F3N5O2S/c1-3-9(2)21-14(25)11-6-7-20-24(11)8-10-4-5-12(27-10)13-22-15(26-23-13)16(17,18)19/h4-7,9H,3,8H2,1-2H3,(H,21,25). The molecule has 0 aromatic carbocycles. The summed E-state index contributed by atoms with van der Waals surface area (Å²) in [6.45, 7) is 4.17. The van der Waals surface area contributed by atoms with E-state index in [2.05, 4.69) is 25.1 Å². The Labute approximate surface area is 156 Å². The predicted octanol–water partition coefficient (Wildman–Crippen LogP) is 3.59. The number of aromatic nitrogens is 4. The normalized spacial score (nSPS) is 12.9. The molecule has 0 aliphatic rings. The highest BCUT2D eigenvalue weighted by atomic mass is 32.1. The number of halogens is 3. The van der Waals surface area contributed by atoms with Gasteiger partial charge in [0.2, 0.25) is 5.82 Å². The maximum absolute atomic E-state index is 12.6. The number of nitrogens with one attached hydrogen (secondary N) is 1. The van der Waals surface area contributed by atoms with Crippen molar-refractivity contribution in [3.8, 4) is 10.7 Å². The molecule has 0 radical (unpaired) electrons. The van der Waals surface area contributed by atoms with E-state index in [-0.39, 0.29) is 17.8 Å². The lowest BCUT2D eigenvalue weighted by atomic mass is 10.2. The lowest BCUT2D eigenvalue weighted by molar-refractivity contribution is -0.159. The third-order valence-electron chi connectivity index (χ3n) is 3.80. The van der Waals surface area contributed by atoms with E-state index in [1.807, 2.05) is 13.8 Å². The monoisotopic (exact) mass is 399 g/mol. The van der Waals surface area contributed by atoms with E-state index in [0.717, 1.165) is 11.3 Å². The molecule has 7 nitrogen and oxygen atoms in total. The Morgan fingerprint density at radius 3 is 2.81 bits per heavy atom. The first kappa shape index (κ1) is 19.1. The van der Waals surface area contributed by atoms with Gasteiger partial charge in [-0.1, -0.05) is 12.1 Å². The highest BCUT2D eigenvalue weighted by molar-refractivity contribution is 7.15. The van der Waals surface area contributed by atoms with Gasteiger partial charge in [0.05, 0.1) is 11.4 Å². The molecule has 0 saturated heterocycles. The second kappa shape index (κ2) is 7.51. The summed E-state index contributed by atoms with van der Waals surface area (Å²) in [5.41, 5.74) is 0.407. The highest BCUT2D eigenvalue weighted by Crippen LogP contribution is 2.31. The number of rotatable bonds is 6. The molecule has 3 aromatic rings. The molecule has 1 unspecified atom stereocenters. The van der Waals surface area contributed by atoms with Crippen molar-refractivity contribution in [1.29, 1.82) is 0 Å². The first-order chi connectivity index (χ1) is 12.8. The Bertz CT molecular complexity index is 931. The molecule has 1 amide bonds. The smallest absolute Gasteiger partial charge is 0.348 e. The number of thiophene rings is 1. The van der Waals surface area contributed by atoms with Crippen LogP contribution in [0.4, 0.5) is 13.2 Å². The summed E-state index contributed by atoms with van der Waals surface area (Å²) in [6.07, 6.45) is -2.36. The number of carbonyl (C=O) groups excluding carboxylic acids is 1. The van der Waals surface area contributed by atoms with Crippen LogP contribution in [-0.2, 0) is 12.7 Å². The van der Waals surface area contributed by atoms with E-state index in [1.54, 1.807) is 18.2 Å². The fraction of sp³-hybridized carbons (Fsp3) is 0.375. The molecule has 1 N–H and O–H groups in total. The summed E-state index contributed by atoms with van der Waals surface area (Å²) in [6, 6.07) is 4.98. The van der Waals surface area contributed by atoms with Crippen LogP contribution in [-0.4, -0.2) is 31.9 Å². The van der Waals surface area contributed by atoms with Crippen LogP contribution in [0.1, 0.15) is 41.5 Å². The molecular formula is C16H16F3N5O2S. The summed E-state index contributed by atoms with van der Waals surface area (Å²) in [5, 5.41) is 10.4. The highest BCUT2D eigenvalue weighted by Gasteiger charge is 2.38. The van der Waals surface area contributed by atoms with Gasteiger partial charge in [0.25, 0.3) is 5.91 Å². The summed E-state index contributed by atoms with van der Waals surface area (Å²) in [7, 11) is 0. The lowest BCUT2D eigenvalue weighted by Crippen LogP contribution is -2.33. The van der Waals surface area contributed by atoms with Gasteiger partial charge in [-0.15, -0.1) is 11.3 Å². The fourth-order valence-corrected chi connectivity index (χ4v) is 3.14. The molecule has 27 heavy (non-hydrogen) atoms. The summed E-state index contributed by atoms with van der Waals surface area (Å²) >= 11 is 1.20. The van der Waals surface area contributed by atoms with Crippen LogP contribution in [0.25, 0.3) is 10.7 Å². The van der Waals surface area contributed by atoms with Gasteiger partial charge in [-0.25, -0.2) is 0 Å². The number of hydrogen-bond acceptors (Lipinski definition) is 6. The fourth-order valence-electron chi connectivity index (χ4n) is 2.22. The number of nitrogens with zero attached hydrogens (tertiary/aromatic N) is 4. The Balaban J connectivity index is 1.75. The largest absolute Gasteiger partial charge is 0.471 e. The van der Waals surface area contributed by atoms with E-state index >= 15 is 0 Å². The molecule has 3 aromatic heterocycles. The zero-order valence-corrected chi connectivity index (χ0v) is 15.3. The average Bonchev–Trinajstić information content (AvgIpc) is 3.34. The molecule has 0 fully saturated rings. The minimum absolute atomic E-state index is 0.0373. The van der Waals surface area contributed by atoms with Crippen molar-refractivity contribution < 1.29 is 22.5 Å². The van der Waals surface area contributed by atoms with Crippen LogP contribution < -0.4 is 5.32 Å². The zero-order valence-electron chi connectivity index (χ0n) is 14.4. The third kappa shape index (κ3) is 4.35. The Morgan fingerprint density at radius 2 is 2.15 bits per heavy atom. The molecule has 1 atom stereocenters. The van der Waals surface area contributed by atoms with Crippen molar-refractivity contribution in [3.63, 3.8) is 0 Å². The first-order valence-electron chi connectivity index (χ1n) is 8.10. The second-order valence-electron chi connectivity index (χ2n) is 5.84. The van der Waals surface area contributed by atoms with Crippen molar-refractivity contribution in [3.05, 3.63) is 40.9 Å². The zero-order chi connectivity index (χ0) is 19.6. The van der Waals surface area contributed by atoms with E-state index in [4.69, 9.17) is 0 Å². The molecule has 3 rings (SSSR count). The van der Waals surface area contributed by atoms with Gasteiger partial charge in [0.15, 0.2) is 0 Å². The van der Waals surface area contributed by atoms with Crippen LogP contribution >= 0.6 is 11.3 Å². The summed E-state index contributed by atoms with van der Waals surface area (Å²) in [5.74, 6) is -1.75. The van der Waals surface area contributed by atoms with Gasteiger partial charge in [-0.2, -0.15) is 23.3 Å². The van der Waals surface area contributed by atoms with E-state index in [0.29, 0.717) is 17.1 Å². The SMILES string of the molecule is CCC(C)NC(=O)c1ccnn1Cc1ccc(-c2noc(C(F)(F)F)n2)s1. The van der Waals surface area contributed by atoms with Gasteiger partial charge < -0.3 is 9.84 Å². The Hall–Kier alpha value is -2.69. The quantitative estimate of drug-likeness (QED) is 0.685. The van der Waals surface area contributed by atoms with Crippen molar-refractivity contribution in [2.45, 2.75) is 39.0 Å². The van der Waals surface area contributed by atoms with E-state index < -0.39 is 12.1 Å². The number of carbonyl (C=O) groups is 1. The maximum Gasteiger partial charge on any atom is 0.471 e. The van der Waals surface area contributed by atoms with E-state index in [9.17, 15) is 18.0 Å². The van der Waals surface area contributed by atoms with Crippen LogP contribution in [0.2, 0.25) is 0 Å². The van der Waals surface area contributed by atoms with Crippen molar-refractivity contribution >= 4 is 17.2 Å².